The number of carbonyl (C=O) groups excluding carboxylic acids is 2. The van der Waals surface area contributed by atoms with Crippen LogP contribution in [0, 0.1) is 0 Å². The summed E-state index contributed by atoms with van der Waals surface area (Å²) in [6, 6.07) is -0.857. The predicted octanol–water partition coefficient (Wildman–Crippen LogP) is 1.25. The highest BCUT2D eigenvalue weighted by Crippen LogP contribution is 2.10. The quantitative estimate of drug-likeness (QED) is 0.606. The molecule has 0 aromatic rings. The first-order chi connectivity index (χ1) is 8.28. The number of nitrogens with one attached hydrogen (secondary N) is 1. The molecule has 1 amide bonds. The van der Waals surface area contributed by atoms with E-state index < -0.39 is 23.7 Å². The molecule has 0 radical (unpaired) electrons. The van der Waals surface area contributed by atoms with Crippen LogP contribution < -0.4 is 5.32 Å². The fourth-order valence-electron chi connectivity index (χ4n) is 1.02. The van der Waals surface area contributed by atoms with Crippen molar-refractivity contribution in [3.05, 3.63) is 12.0 Å². The van der Waals surface area contributed by atoms with Gasteiger partial charge in [0.05, 0.1) is 0 Å². The fourth-order valence-corrected chi connectivity index (χ4v) is 1.02. The van der Waals surface area contributed by atoms with Gasteiger partial charge in [-0.15, -0.1) is 0 Å². The molecule has 0 fully saturated rings. The van der Waals surface area contributed by atoms with Crippen LogP contribution in [0.2, 0.25) is 0 Å². The van der Waals surface area contributed by atoms with Gasteiger partial charge in [0.15, 0.2) is 0 Å². The van der Waals surface area contributed by atoms with Crippen LogP contribution in [0.3, 0.4) is 0 Å². The second kappa shape index (κ2) is 5.72. The molecular weight excluding hydrogens is 242 g/mol. The van der Waals surface area contributed by atoms with E-state index in [0.717, 1.165) is 0 Å². The van der Waals surface area contributed by atoms with Crippen LogP contribution in [0.15, 0.2) is 12.0 Å². The maximum atomic E-state index is 11.5. The van der Waals surface area contributed by atoms with Crippen LogP contribution in [-0.2, 0) is 24.0 Å². The van der Waals surface area contributed by atoms with Crippen LogP contribution in [0.1, 0.15) is 27.7 Å². The Balaban J connectivity index is 2.37. The van der Waals surface area contributed by atoms with Gasteiger partial charge in [-0.2, -0.15) is 4.89 Å². The number of esters is 1. The number of hydrogen-bond acceptors (Lipinski definition) is 6. The summed E-state index contributed by atoms with van der Waals surface area (Å²) < 4.78 is 9.81. The summed E-state index contributed by atoms with van der Waals surface area (Å²) >= 11 is 0. The molecule has 1 rings (SSSR count). The molecule has 18 heavy (non-hydrogen) atoms. The van der Waals surface area contributed by atoms with Crippen LogP contribution >= 0.6 is 0 Å². The summed E-state index contributed by atoms with van der Waals surface area (Å²) in [6.45, 7) is 6.87. The molecule has 0 saturated heterocycles. The van der Waals surface area contributed by atoms with E-state index in [9.17, 15) is 9.59 Å². The molecule has 0 spiro atoms. The number of alkyl carbamates (subject to hydrolysis) is 1. The lowest BCUT2D eigenvalue weighted by Gasteiger charge is -2.21. The van der Waals surface area contributed by atoms with Gasteiger partial charge in [-0.25, -0.2) is 9.59 Å². The SMILES string of the molecule is CC(NC(=O)OC(C)(C)C)C(=O)OC1=CCOO1. The number of carbonyl (C=O) groups is 2. The van der Waals surface area contributed by atoms with Gasteiger partial charge in [-0.05, 0) is 27.7 Å². The van der Waals surface area contributed by atoms with Gasteiger partial charge in [-0.3, -0.25) is 4.89 Å². The van der Waals surface area contributed by atoms with Crippen molar-refractivity contribution in [1.29, 1.82) is 0 Å². The molecule has 1 atom stereocenters. The highest BCUT2D eigenvalue weighted by Gasteiger charge is 2.24. The van der Waals surface area contributed by atoms with Crippen LogP contribution in [0.4, 0.5) is 4.79 Å². The average Bonchev–Trinajstić information content (AvgIpc) is 2.66. The highest BCUT2D eigenvalue weighted by atomic mass is 17.2. The maximum absolute atomic E-state index is 11.5. The van der Waals surface area contributed by atoms with E-state index in [-0.39, 0.29) is 12.6 Å². The van der Waals surface area contributed by atoms with Crippen molar-refractivity contribution in [2.75, 3.05) is 6.61 Å². The highest BCUT2D eigenvalue weighted by molar-refractivity contribution is 5.81. The van der Waals surface area contributed by atoms with Gasteiger partial charge in [0.1, 0.15) is 18.2 Å². The molecule has 0 aromatic heterocycles. The second-order valence-corrected chi connectivity index (χ2v) is 4.68. The fraction of sp³-hybridized carbons (Fsp3) is 0.636. The maximum Gasteiger partial charge on any atom is 0.408 e. The topological polar surface area (TPSA) is 83.1 Å². The largest absolute Gasteiger partial charge is 0.444 e. The molecule has 0 aromatic carbocycles. The Morgan fingerprint density at radius 3 is 2.61 bits per heavy atom. The van der Waals surface area contributed by atoms with E-state index >= 15 is 0 Å². The Morgan fingerprint density at radius 2 is 2.11 bits per heavy atom. The van der Waals surface area contributed by atoms with Crippen LogP contribution in [0.25, 0.3) is 0 Å². The van der Waals surface area contributed by atoms with Gasteiger partial charge in [0.2, 0.25) is 0 Å². The lowest BCUT2D eigenvalue weighted by Crippen LogP contribution is -2.42. The van der Waals surface area contributed by atoms with Gasteiger partial charge in [0.25, 0.3) is 0 Å². The number of rotatable bonds is 3. The van der Waals surface area contributed by atoms with Crippen molar-refractivity contribution < 1.29 is 28.8 Å². The van der Waals surface area contributed by atoms with Gasteiger partial charge in [0, 0.05) is 6.08 Å². The monoisotopic (exact) mass is 259 g/mol. The van der Waals surface area contributed by atoms with Crippen molar-refractivity contribution in [3.63, 3.8) is 0 Å². The molecule has 7 nitrogen and oxygen atoms in total. The number of amides is 1. The molecule has 0 aliphatic carbocycles. The first-order valence-corrected chi connectivity index (χ1v) is 5.49. The van der Waals surface area contributed by atoms with Crippen molar-refractivity contribution in [2.24, 2.45) is 0 Å². The van der Waals surface area contributed by atoms with Crippen LogP contribution in [0.5, 0.6) is 0 Å². The third-order valence-electron chi connectivity index (χ3n) is 1.75. The Hall–Kier alpha value is -1.76. The summed E-state index contributed by atoms with van der Waals surface area (Å²) in [5, 5.41) is 2.35. The van der Waals surface area contributed by atoms with E-state index in [0.29, 0.717) is 0 Å². The van der Waals surface area contributed by atoms with Crippen molar-refractivity contribution in [1.82, 2.24) is 5.32 Å². The smallest absolute Gasteiger partial charge is 0.408 e. The molecule has 1 N–H and O–H groups in total. The third-order valence-corrected chi connectivity index (χ3v) is 1.75. The molecule has 1 heterocycles. The standard InChI is InChI=1S/C11H17NO6/c1-7(12-10(14)17-11(2,3)4)9(13)16-8-5-6-15-18-8/h5,7H,6H2,1-4H3,(H,12,14). The Bertz CT molecular complexity index is 357. The molecule has 1 aliphatic heterocycles. The number of hydrogen-bond donors (Lipinski definition) is 1. The molecule has 0 bridgehead atoms. The lowest BCUT2D eigenvalue weighted by molar-refractivity contribution is -0.261. The Morgan fingerprint density at radius 1 is 1.44 bits per heavy atom. The van der Waals surface area contributed by atoms with E-state index in [2.05, 4.69) is 15.1 Å². The average molecular weight is 259 g/mol. The van der Waals surface area contributed by atoms with E-state index in [4.69, 9.17) is 9.47 Å². The summed E-state index contributed by atoms with van der Waals surface area (Å²) in [6.07, 6.45) is 0.766. The van der Waals surface area contributed by atoms with E-state index in [1.807, 2.05) is 0 Å². The zero-order valence-electron chi connectivity index (χ0n) is 10.8. The van der Waals surface area contributed by atoms with Gasteiger partial charge in [-0.1, -0.05) is 0 Å². The summed E-state index contributed by atoms with van der Waals surface area (Å²) in [5.41, 5.74) is -0.626. The van der Waals surface area contributed by atoms with Crippen molar-refractivity contribution in [3.8, 4) is 0 Å². The zero-order valence-corrected chi connectivity index (χ0v) is 10.8. The van der Waals surface area contributed by atoms with Gasteiger partial charge >= 0.3 is 18.0 Å². The summed E-state index contributed by atoms with van der Waals surface area (Å²) in [7, 11) is 0. The third kappa shape index (κ3) is 5.05. The Labute approximate surface area is 105 Å². The first-order valence-electron chi connectivity index (χ1n) is 5.49. The van der Waals surface area contributed by atoms with Crippen molar-refractivity contribution in [2.45, 2.75) is 39.3 Å². The molecule has 102 valence electrons. The second-order valence-electron chi connectivity index (χ2n) is 4.68. The minimum Gasteiger partial charge on any atom is -0.444 e. The summed E-state index contributed by atoms with van der Waals surface area (Å²) in [4.78, 5) is 32.0. The normalized spacial score (nSPS) is 16.3. The molecule has 1 aliphatic rings. The lowest BCUT2D eigenvalue weighted by atomic mass is 10.2. The molecular formula is C11H17NO6. The molecule has 7 heteroatoms. The summed E-state index contributed by atoms with van der Waals surface area (Å²) in [5.74, 6) is -0.699. The van der Waals surface area contributed by atoms with Crippen molar-refractivity contribution >= 4 is 12.1 Å². The predicted molar refractivity (Wildman–Crippen MR) is 60.0 cm³/mol. The first kappa shape index (κ1) is 14.3. The van der Waals surface area contributed by atoms with Crippen LogP contribution in [-0.4, -0.2) is 30.3 Å². The minimum atomic E-state index is -0.857. The zero-order chi connectivity index (χ0) is 13.8. The number of ether oxygens (including phenoxy) is 2. The van der Waals surface area contributed by atoms with E-state index in [1.54, 1.807) is 20.8 Å². The Kier molecular flexibility index (Phi) is 4.55. The van der Waals surface area contributed by atoms with E-state index in [1.165, 1.54) is 13.0 Å². The minimum absolute atomic E-state index is 0.0298. The molecule has 1 unspecified atom stereocenters. The molecule has 0 saturated carbocycles. The van der Waals surface area contributed by atoms with Gasteiger partial charge < -0.3 is 14.8 Å².